The van der Waals surface area contributed by atoms with Gasteiger partial charge < -0.3 is 19.4 Å². The lowest BCUT2D eigenvalue weighted by atomic mass is 10.0. The van der Waals surface area contributed by atoms with Gasteiger partial charge in [0.25, 0.3) is 0 Å². The molecule has 0 aliphatic heterocycles. The summed E-state index contributed by atoms with van der Waals surface area (Å²) in [5.41, 5.74) is 0. The normalized spacial score (nSPS) is 13.7. The third-order valence-corrected chi connectivity index (χ3v) is 17.7. The standard InChI is InChI=1S/C75H143N2O7P/c1-7-10-13-16-19-22-25-28-30-32-34-36-38-40-42-44-46-49-52-55-58-61-64-67-74(78)76-72(71-83-85(80,81)82-70-69-77(4,5)6)73(66-63-60-57-54-51-48-27-24-21-18-15-12-9-3)84-75(79)68-65-62-59-56-53-50-47-45-43-41-39-37-35-33-31-29-26-23-20-17-14-11-8-2/h20,23,28-31,63,66,72-73H,7-19,21-22,24-27,32-62,64-65,67-71H2,1-6H3,(H-,76,78,80,81)/p+1/b23-20-,30-28+,31-29-,66-63+. The first-order valence-electron chi connectivity index (χ1n) is 37.0. The highest BCUT2D eigenvalue weighted by Crippen LogP contribution is 2.43. The van der Waals surface area contributed by atoms with Crippen molar-refractivity contribution in [1.82, 2.24) is 5.32 Å². The highest BCUT2D eigenvalue weighted by Gasteiger charge is 2.30. The second-order valence-corrected chi connectivity index (χ2v) is 27.9. The molecule has 0 aromatic heterocycles. The number of rotatable bonds is 68. The minimum absolute atomic E-state index is 0.0419. The van der Waals surface area contributed by atoms with E-state index in [2.05, 4.69) is 68.6 Å². The minimum atomic E-state index is -4.45. The van der Waals surface area contributed by atoms with Crippen molar-refractivity contribution in [1.29, 1.82) is 0 Å². The molecule has 0 radical (unpaired) electrons. The lowest BCUT2D eigenvalue weighted by Crippen LogP contribution is -2.47. The maximum Gasteiger partial charge on any atom is 0.472 e. The van der Waals surface area contributed by atoms with Crippen LogP contribution in [0.15, 0.2) is 48.6 Å². The summed E-state index contributed by atoms with van der Waals surface area (Å²) < 4.78 is 30.9. The van der Waals surface area contributed by atoms with Crippen molar-refractivity contribution in [2.45, 2.75) is 380 Å². The predicted octanol–water partition coefficient (Wildman–Crippen LogP) is 23.6. The van der Waals surface area contributed by atoms with Gasteiger partial charge in [-0.2, -0.15) is 0 Å². The smallest absolute Gasteiger partial charge is 0.456 e. The fourth-order valence-corrected chi connectivity index (χ4v) is 11.8. The number of likely N-dealkylation sites (N-methyl/N-ethyl adjacent to an activating group) is 1. The number of quaternary nitrogens is 1. The molecule has 0 fully saturated rings. The van der Waals surface area contributed by atoms with E-state index < -0.39 is 20.0 Å². The van der Waals surface area contributed by atoms with Crippen molar-refractivity contribution in [2.75, 3.05) is 40.9 Å². The van der Waals surface area contributed by atoms with Gasteiger partial charge >= 0.3 is 13.8 Å². The largest absolute Gasteiger partial charge is 0.472 e. The number of hydrogen-bond acceptors (Lipinski definition) is 6. The Kier molecular flexibility index (Phi) is 63.4. The van der Waals surface area contributed by atoms with Crippen LogP contribution in [0.25, 0.3) is 0 Å². The van der Waals surface area contributed by atoms with Crippen LogP contribution >= 0.6 is 7.82 Å². The number of amides is 1. The molecule has 0 aliphatic rings. The Balaban J connectivity index is 5.05. The molecule has 3 unspecified atom stereocenters. The van der Waals surface area contributed by atoms with Crippen LogP contribution in [0.1, 0.15) is 367 Å². The third-order valence-electron chi connectivity index (χ3n) is 16.7. The van der Waals surface area contributed by atoms with Gasteiger partial charge in [-0.1, -0.05) is 314 Å². The Hall–Kier alpha value is -2.03. The van der Waals surface area contributed by atoms with Gasteiger partial charge in [-0.05, 0) is 89.5 Å². The maximum absolute atomic E-state index is 13.6. The van der Waals surface area contributed by atoms with Crippen LogP contribution in [0, 0.1) is 0 Å². The number of phosphoric acid groups is 1. The van der Waals surface area contributed by atoms with E-state index in [0.29, 0.717) is 23.9 Å². The Morgan fingerprint density at radius 3 is 1.09 bits per heavy atom. The van der Waals surface area contributed by atoms with Gasteiger partial charge in [-0.3, -0.25) is 18.6 Å². The van der Waals surface area contributed by atoms with Gasteiger partial charge in [-0.15, -0.1) is 0 Å². The number of nitrogens with zero attached hydrogens (tertiary/aromatic N) is 1. The first-order valence-corrected chi connectivity index (χ1v) is 38.5. The van der Waals surface area contributed by atoms with E-state index in [1.54, 1.807) is 0 Å². The molecule has 0 bridgehead atoms. The van der Waals surface area contributed by atoms with Crippen molar-refractivity contribution in [3.63, 3.8) is 0 Å². The first kappa shape index (κ1) is 83.0. The molecule has 0 aromatic carbocycles. The highest BCUT2D eigenvalue weighted by atomic mass is 31.2. The molecule has 2 N–H and O–H groups in total. The summed E-state index contributed by atoms with van der Waals surface area (Å²) in [6.07, 6.45) is 82.7. The Morgan fingerprint density at radius 2 is 0.718 bits per heavy atom. The van der Waals surface area contributed by atoms with Gasteiger partial charge in [0, 0.05) is 12.8 Å². The molecule has 0 spiro atoms. The molecule has 9 nitrogen and oxygen atoms in total. The van der Waals surface area contributed by atoms with Crippen LogP contribution in [0.4, 0.5) is 0 Å². The summed E-state index contributed by atoms with van der Waals surface area (Å²) in [7, 11) is 1.51. The molecule has 0 saturated heterocycles. The number of nitrogens with one attached hydrogen (secondary N) is 1. The van der Waals surface area contributed by atoms with Crippen LogP contribution < -0.4 is 5.32 Å². The molecule has 0 saturated carbocycles. The van der Waals surface area contributed by atoms with Crippen molar-refractivity contribution in [3.05, 3.63) is 48.6 Å². The number of allylic oxidation sites excluding steroid dienone is 7. The summed E-state index contributed by atoms with van der Waals surface area (Å²) in [6.45, 7) is 7.04. The van der Waals surface area contributed by atoms with Crippen LogP contribution in [0.3, 0.4) is 0 Å². The van der Waals surface area contributed by atoms with Crippen molar-refractivity contribution >= 4 is 19.7 Å². The monoisotopic (exact) mass is 1220 g/mol. The van der Waals surface area contributed by atoms with Crippen LogP contribution in [-0.4, -0.2) is 74.3 Å². The van der Waals surface area contributed by atoms with Crippen LogP contribution in [0.2, 0.25) is 0 Å². The minimum Gasteiger partial charge on any atom is -0.456 e. The van der Waals surface area contributed by atoms with Crippen LogP contribution in [-0.2, 0) is 27.9 Å². The second kappa shape index (κ2) is 64.9. The topological polar surface area (TPSA) is 111 Å². The Bertz CT molecular complexity index is 1590. The zero-order valence-corrected chi connectivity index (χ0v) is 58.3. The molecule has 3 atom stereocenters. The summed E-state index contributed by atoms with van der Waals surface area (Å²) in [5.74, 6) is -0.488. The molecule has 1 amide bonds. The van der Waals surface area contributed by atoms with E-state index in [4.69, 9.17) is 13.8 Å². The molecule has 0 aliphatic carbocycles. The van der Waals surface area contributed by atoms with E-state index >= 15 is 0 Å². The van der Waals surface area contributed by atoms with Gasteiger partial charge in [-0.25, -0.2) is 4.57 Å². The van der Waals surface area contributed by atoms with E-state index in [0.717, 1.165) is 64.2 Å². The number of phosphoric ester groups is 1. The van der Waals surface area contributed by atoms with E-state index in [1.165, 1.54) is 270 Å². The quantitative estimate of drug-likeness (QED) is 0.0205. The zero-order chi connectivity index (χ0) is 62.1. The third kappa shape index (κ3) is 66.2. The van der Waals surface area contributed by atoms with Crippen LogP contribution in [0.5, 0.6) is 0 Å². The summed E-state index contributed by atoms with van der Waals surface area (Å²) in [4.78, 5) is 38.0. The number of ether oxygens (including phenoxy) is 1. The molecule has 10 heteroatoms. The van der Waals surface area contributed by atoms with Gasteiger partial charge in [0.05, 0.1) is 33.8 Å². The number of esters is 1. The Morgan fingerprint density at radius 1 is 0.412 bits per heavy atom. The molecule has 0 heterocycles. The number of unbranched alkanes of at least 4 members (excludes halogenated alkanes) is 46. The number of hydrogen-bond donors (Lipinski definition) is 2. The molecule has 0 aromatic rings. The van der Waals surface area contributed by atoms with Gasteiger partial charge in [0.2, 0.25) is 5.91 Å². The van der Waals surface area contributed by atoms with E-state index in [9.17, 15) is 19.0 Å². The second-order valence-electron chi connectivity index (χ2n) is 26.5. The van der Waals surface area contributed by atoms with Crippen molar-refractivity contribution in [3.8, 4) is 0 Å². The Labute approximate surface area is 529 Å². The molecular formula is C75H144N2O7P+. The summed E-state index contributed by atoms with van der Waals surface area (Å²) in [6, 6.07) is -0.848. The first-order chi connectivity index (χ1) is 41.4. The lowest BCUT2D eigenvalue weighted by Gasteiger charge is -2.27. The van der Waals surface area contributed by atoms with E-state index in [-0.39, 0.29) is 25.1 Å². The number of carbonyl (C=O) groups is 2. The van der Waals surface area contributed by atoms with Gasteiger partial charge in [0.1, 0.15) is 19.3 Å². The van der Waals surface area contributed by atoms with E-state index in [1.807, 2.05) is 27.2 Å². The predicted molar refractivity (Wildman–Crippen MR) is 369 cm³/mol. The fraction of sp³-hybridized carbons (Fsp3) is 0.867. The molecular weight excluding hydrogens is 1070 g/mol. The van der Waals surface area contributed by atoms with Gasteiger partial charge in [0.15, 0.2) is 0 Å². The average molecular weight is 1220 g/mol. The molecule has 0 rings (SSSR count). The average Bonchev–Trinajstić information content (AvgIpc) is 3.52. The molecule has 85 heavy (non-hydrogen) atoms. The maximum atomic E-state index is 13.6. The zero-order valence-electron chi connectivity index (χ0n) is 57.4. The SMILES string of the molecule is CCCCC/C=C\C/C=C\CCCCCCCCCCCCCCCC(=O)OC(/C=C/CCCCCCCCCCCCC)C(COP(=O)(O)OCC[N+](C)(C)C)NC(=O)CCCCCCCCCCCCCCC/C=C/CCCCCCCC. The lowest BCUT2D eigenvalue weighted by molar-refractivity contribution is -0.870. The summed E-state index contributed by atoms with van der Waals surface area (Å²) in [5, 5.41) is 3.08. The molecule has 500 valence electrons. The van der Waals surface area contributed by atoms with Crippen molar-refractivity contribution in [2.24, 2.45) is 0 Å². The summed E-state index contributed by atoms with van der Waals surface area (Å²) >= 11 is 0. The number of carbonyl (C=O) groups excluding carboxylic acids is 2. The fourth-order valence-electron chi connectivity index (χ4n) is 11.0. The van der Waals surface area contributed by atoms with Crippen molar-refractivity contribution < 1.29 is 37.3 Å². The highest BCUT2D eigenvalue weighted by molar-refractivity contribution is 7.47.